The van der Waals surface area contributed by atoms with E-state index in [-0.39, 0.29) is 59.2 Å². The summed E-state index contributed by atoms with van der Waals surface area (Å²) in [6.07, 6.45) is -6.90. The molecule has 3 saturated carbocycles. The molecule has 15 nitrogen and oxygen atoms in total. The molecule has 23 atom stereocenters. The molecule has 3 heterocycles. The predicted molar refractivity (Wildman–Crippen MR) is 247 cm³/mol. The Labute approximate surface area is 391 Å². The first kappa shape index (κ1) is 58.5. The summed E-state index contributed by atoms with van der Waals surface area (Å²) in [6.45, 7) is 31.6. The second-order valence-corrected chi connectivity index (χ2v) is 21.2. The summed E-state index contributed by atoms with van der Waals surface area (Å²) < 4.78 is 36.6. The molecule has 6 aliphatic rings. The molecule has 15 heteroatoms. The normalized spacial score (nSPS) is 47.5. The van der Waals surface area contributed by atoms with Gasteiger partial charge in [-0.15, -0.1) is 6.58 Å². The maximum Gasteiger partial charge on any atom is 0.187 e. The van der Waals surface area contributed by atoms with Gasteiger partial charge in [0.25, 0.3) is 0 Å². The lowest BCUT2D eigenvalue weighted by Crippen LogP contribution is -2.63. The van der Waals surface area contributed by atoms with Gasteiger partial charge in [-0.2, -0.15) is 0 Å². The van der Waals surface area contributed by atoms with E-state index in [0.717, 1.165) is 38.5 Å². The summed E-state index contributed by atoms with van der Waals surface area (Å²) in [7, 11) is 0. The van der Waals surface area contributed by atoms with E-state index in [2.05, 4.69) is 48.1 Å². The van der Waals surface area contributed by atoms with Crippen LogP contribution in [0.15, 0.2) is 12.7 Å². The van der Waals surface area contributed by atoms with Gasteiger partial charge in [-0.25, -0.2) is 0 Å². The summed E-state index contributed by atoms with van der Waals surface area (Å²) in [5, 5.41) is 93.6. The summed E-state index contributed by atoms with van der Waals surface area (Å²) in [5.74, 6) is 0.729. The largest absolute Gasteiger partial charge is 0.394 e. The SMILES string of the molecule is C=CC.CC.CC(C)O.CC[C@](C)(OC1CC(O)C(O)C(C)O1)C1CC[C@]2(C)C1C(O)CC1[C@@](C)(CCC(C)OC3OC(C)C(O)C(O)C3OC3OCC(O)C(O)C3O)C(C)CC[C@]12C. The minimum absolute atomic E-state index is 0.0188. The molecule has 0 amide bonds. The van der Waals surface area contributed by atoms with E-state index in [4.69, 9.17) is 33.5 Å². The Morgan fingerprint density at radius 3 is 1.91 bits per heavy atom. The molecule has 0 spiro atoms. The molecule has 65 heavy (non-hydrogen) atoms. The standard InChI is InChI=1S/C42H74O14.C3H8O.C3H6.C2H6/c1-10-42(9,56-29-18-26(44)31(46)22(4)53-29)24-13-16-41(8)30(24)25(43)17-28-39(6,20(2)11-15-40(28,41)7)14-12-21(3)52-38-36(34(49)32(47)23(5)54-38)55-37-35(50)33(48)27(45)19-51-37;1-3(2)4;1-3-2;1-2/h20-38,43-50H,10-19H2,1-9H3;3-4H,1-2H3;3H,1H2,2H3;1-2H3/t20?,21?,22?,23?,24?,25?,26?,27?,28?,29?,30?,31?,32?,33?,34?,35?,36?,37?,38?,39-,40+,41+,42-;;;/m0.../s1. The van der Waals surface area contributed by atoms with Crippen LogP contribution in [0, 0.1) is 39.9 Å². The van der Waals surface area contributed by atoms with Crippen molar-refractivity contribution in [1.82, 2.24) is 0 Å². The monoisotopic (exact) mass is 935 g/mol. The van der Waals surface area contributed by atoms with Gasteiger partial charge in [-0.3, -0.25) is 0 Å². The highest BCUT2D eigenvalue weighted by Crippen LogP contribution is 2.73. The predicted octanol–water partition coefficient (Wildman–Crippen LogP) is 4.97. The van der Waals surface area contributed by atoms with Crippen LogP contribution >= 0.6 is 0 Å². The Morgan fingerprint density at radius 2 is 1.34 bits per heavy atom. The topological polar surface area (TPSA) is 237 Å². The van der Waals surface area contributed by atoms with Crippen molar-refractivity contribution in [2.45, 2.75) is 259 Å². The van der Waals surface area contributed by atoms with Crippen molar-refractivity contribution in [3.8, 4) is 0 Å². The zero-order valence-corrected chi connectivity index (χ0v) is 42.4. The summed E-state index contributed by atoms with van der Waals surface area (Å²) >= 11 is 0. The highest BCUT2D eigenvalue weighted by Gasteiger charge is 2.69. The van der Waals surface area contributed by atoms with Gasteiger partial charge in [0.1, 0.15) is 42.7 Å². The summed E-state index contributed by atoms with van der Waals surface area (Å²) in [6, 6.07) is 0. The van der Waals surface area contributed by atoms with Crippen molar-refractivity contribution in [3.05, 3.63) is 12.7 Å². The van der Waals surface area contributed by atoms with Crippen LogP contribution in [0.3, 0.4) is 0 Å². The first-order valence-electron chi connectivity index (χ1n) is 24.9. The van der Waals surface area contributed by atoms with Crippen LogP contribution in [0.4, 0.5) is 0 Å². The van der Waals surface area contributed by atoms with Crippen LogP contribution in [0.5, 0.6) is 0 Å². The number of aliphatic hydroxyl groups excluding tert-OH is 9. The number of aliphatic hydroxyl groups is 9. The number of ether oxygens (including phenoxy) is 6. The van der Waals surface area contributed by atoms with Gasteiger partial charge < -0.3 is 74.4 Å². The van der Waals surface area contributed by atoms with Crippen LogP contribution in [0.1, 0.15) is 155 Å². The average molecular weight is 935 g/mol. The van der Waals surface area contributed by atoms with Crippen LogP contribution in [0.25, 0.3) is 0 Å². The van der Waals surface area contributed by atoms with E-state index in [1.54, 1.807) is 33.8 Å². The number of rotatable bonds is 11. The van der Waals surface area contributed by atoms with Crippen LogP contribution in [-0.4, -0.2) is 156 Å². The fraction of sp³-hybridized carbons (Fsp3) is 0.960. The van der Waals surface area contributed by atoms with Gasteiger partial charge >= 0.3 is 0 Å². The molecule has 9 N–H and O–H groups in total. The molecule has 0 aromatic heterocycles. The van der Waals surface area contributed by atoms with E-state index in [0.29, 0.717) is 18.8 Å². The van der Waals surface area contributed by atoms with Crippen molar-refractivity contribution in [2.75, 3.05) is 6.61 Å². The highest BCUT2D eigenvalue weighted by molar-refractivity contribution is 5.18. The lowest BCUT2D eigenvalue weighted by atomic mass is 9.38. The first-order chi connectivity index (χ1) is 30.3. The molecule has 0 bridgehead atoms. The molecule has 384 valence electrons. The fourth-order valence-electron chi connectivity index (χ4n) is 12.4. The van der Waals surface area contributed by atoms with Gasteiger partial charge in [0, 0.05) is 12.5 Å². The lowest BCUT2D eigenvalue weighted by Gasteiger charge is -2.67. The number of hydrogen-bond donors (Lipinski definition) is 9. The highest BCUT2D eigenvalue weighted by atomic mass is 16.8. The average Bonchev–Trinajstić information content (AvgIpc) is 3.63. The molecule has 19 unspecified atom stereocenters. The van der Waals surface area contributed by atoms with E-state index >= 15 is 0 Å². The third kappa shape index (κ3) is 12.5. The second kappa shape index (κ2) is 24.3. The van der Waals surface area contributed by atoms with Crippen molar-refractivity contribution in [3.63, 3.8) is 0 Å². The smallest absolute Gasteiger partial charge is 0.187 e. The molecule has 0 aromatic rings. The zero-order valence-electron chi connectivity index (χ0n) is 42.4. The van der Waals surface area contributed by atoms with E-state index in [1.807, 2.05) is 27.7 Å². The zero-order chi connectivity index (χ0) is 49.6. The molecule has 3 saturated heterocycles. The number of hydrogen-bond acceptors (Lipinski definition) is 15. The molecule has 6 fully saturated rings. The molecule has 3 aliphatic heterocycles. The van der Waals surface area contributed by atoms with E-state index < -0.39 is 91.6 Å². The molecule has 3 aliphatic carbocycles. The first-order valence-corrected chi connectivity index (χ1v) is 24.9. The molecule has 6 rings (SSSR count). The minimum Gasteiger partial charge on any atom is -0.394 e. The second-order valence-electron chi connectivity index (χ2n) is 21.2. The van der Waals surface area contributed by atoms with Gasteiger partial charge in [-0.1, -0.05) is 54.5 Å². The molecular formula is C50H94O15. The molecule has 0 aromatic carbocycles. The minimum atomic E-state index is -1.59. The number of allylic oxidation sites excluding steroid dienone is 1. The van der Waals surface area contributed by atoms with Crippen molar-refractivity contribution in [1.29, 1.82) is 0 Å². The van der Waals surface area contributed by atoms with Crippen molar-refractivity contribution < 1.29 is 74.4 Å². The summed E-state index contributed by atoms with van der Waals surface area (Å²) in [4.78, 5) is 0. The molecule has 0 radical (unpaired) electrons. The van der Waals surface area contributed by atoms with E-state index in [9.17, 15) is 40.9 Å². The molecular weight excluding hydrogens is 841 g/mol. The van der Waals surface area contributed by atoms with Gasteiger partial charge in [0.05, 0.1) is 42.7 Å². The van der Waals surface area contributed by atoms with Gasteiger partial charge in [-0.05, 0) is 140 Å². The van der Waals surface area contributed by atoms with Crippen LogP contribution in [0.2, 0.25) is 0 Å². The quantitative estimate of drug-likeness (QED) is 0.125. The van der Waals surface area contributed by atoms with Gasteiger partial charge in [0.15, 0.2) is 18.9 Å². The maximum atomic E-state index is 12.3. The van der Waals surface area contributed by atoms with Crippen molar-refractivity contribution >= 4 is 0 Å². The Morgan fingerprint density at radius 1 is 0.769 bits per heavy atom. The lowest BCUT2D eigenvalue weighted by molar-refractivity contribution is -0.358. The Kier molecular flexibility index (Phi) is 21.9. The van der Waals surface area contributed by atoms with Crippen LogP contribution in [-0.2, 0) is 28.4 Å². The van der Waals surface area contributed by atoms with E-state index in [1.165, 1.54) is 0 Å². The maximum absolute atomic E-state index is 12.3. The Balaban J connectivity index is 0.00000115. The van der Waals surface area contributed by atoms with Gasteiger partial charge in [0.2, 0.25) is 0 Å². The fourth-order valence-corrected chi connectivity index (χ4v) is 12.4. The van der Waals surface area contributed by atoms with Crippen LogP contribution < -0.4 is 0 Å². The Bertz CT molecular complexity index is 1410. The third-order valence-corrected chi connectivity index (χ3v) is 16.7. The Hall–Kier alpha value is -0.860. The summed E-state index contributed by atoms with van der Waals surface area (Å²) in [5.41, 5.74) is -0.928. The third-order valence-electron chi connectivity index (χ3n) is 16.7. The number of fused-ring (bicyclic) bond motifs is 3. The van der Waals surface area contributed by atoms with Crippen molar-refractivity contribution in [2.24, 2.45) is 39.9 Å².